The van der Waals surface area contributed by atoms with Gasteiger partial charge in [0.2, 0.25) is 5.91 Å². The molecular weight excluding hydrogens is 394 g/mol. The normalized spacial score (nSPS) is 16.3. The van der Waals surface area contributed by atoms with E-state index >= 15 is 0 Å². The Balaban J connectivity index is 2.01. The van der Waals surface area contributed by atoms with Crippen LogP contribution in [0.1, 0.15) is 30.1 Å². The van der Waals surface area contributed by atoms with Crippen molar-refractivity contribution in [1.82, 2.24) is 8.61 Å². The lowest BCUT2D eigenvalue weighted by atomic mass is 9.97. The molecule has 1 aromatic carbocycles. The van der Waals surface area contributed by atoms with Gasteiger partial charge in [0, 0.05) is 38.8 Å². The maximum atomic E-state index is 12.5. The Labute approximate surface area is 164 Å². The van der Waals surface area contributed by atoms with Crippen LogP contribution < -0.4 is 5.32 Å². The van der Waals surface area contributed by atoms with Gasteiger partial charge in [0.1, 0.15) is 0 Å². The summed E-state index contributed by atoms with van der Waals surface area (Å²) in [5.41, 5.74) is 0.624. The molecule has 1 amide bonds. The summed E-state index contributed by atoms with van der Waals surface area (Å²) in [5, 5.41) is 3.01. The molecule has 1 aromatic rings. The van der Waals surface area contributed by atoms with Crippen LogP contribution in [0.25, 0.3) is 0 Å². The molecule has 1 fully saturated rings. The number of piperidine rings is 1. The van der Waals surface area contributed by atoms with Gasteiger partial charge in [-0.15, -0.1) is 0 Å². The fourth-order valence-corrected chi connectivity index (χ4v) is 4.12. The summed E-state index contributed by atoms with van der Waals surface area (Å²) in [6.45, 7) is 2.49. The molecule has 10 heteroatoms. The molecule has 1 saturated heterocycles. The van der Waals surface area contributed by atoms with Gasteiger partial charge in [-0.2, -0.15) is 17.0 Å². The van der Waals surface area contributed by atoms with Crippen molar-refractivity contribution in [3.05, 3.63) is 28.8 Å². The van der Waals surface area contributed by atoms with Crippen LogP contribution in [-0.2, 0) is 19.7 Å². The third kappa shape index (κ3) is 5.19. The van der Waals surface area contributed by atoms with E-state index in [1.807, 2.05) is 0 Å². The largest absolute Gasteiger partial charge is 0.462 e. The number of nitrogens with zero attached hydrogens (tertiary/aromatic N) is 2. The molecular formula is C17H24ClN3O5S. The highest BCUT2D eigenvalue weighted by Gasteiger charge is 2.32. The quantitative estimate of drug-likeness (QED) is 0.714. The zero-order valence-corrected chi connectivity index (χ0v) is 17.1. The van der Waals surface area contributed by atoms with E-state index in [-0.39, 0.29) is 42.1 Å². The summed E-state index contributed by atoms with van der Waals surface area (Å²) < 4.78 is 31.8. The van der Waals surface area contributed by atoms with Crippen LogP contribution >= 0.6 is 11.6 Å². The molecule has 0 spiro atoms. The molecule has 0 aliphatic carbocycles. The maximum Gasteiger partial charge on any atom is 0.339 e. The highest BCUT2D eigenvalue weighted by atomic mass is 35.5. The van der Waals surface area contributed by atoms with Gasteiger partial charge in [-0.1, -0.05) is 11.6 Å². The van der Waals surface area contributed by atoms with Gasteiger partial charge in [0.15, 0.2) is 0 Å². The highest BCUT2D eigenvalue weighted by molar-refractivity contribution is 7.86. The predicted molar refractivity (Wildman–Crippen MR) is 103 cm³/mol. The van der Waals surface area contributed by atoms with Gasteiger partial charge in [0.05, 0.1) is 17.2 Å². The molecule has 0 aromatic heterocycles. The van der Waals surface area contributed by atoms with E-state index < -0.39 is 16.2 Å². The molecule has 0 saturated carbocycles. The number of hydrogen-bond donors (Lipinski definition) is 1. The number of halogens is 1. The highest BCUT2D eigenvalue weighted by Crippen LogP contribution is 2.25. The zero-order valence-electron chi connectivity index (χ0n) is 15.6. The number of anilines is 1. The topological polar surface area (TPSA) is 96.0 Å². The standard InChI is InChI=1S/C17H24ClN3O5S/c1-4-26-17(23)14-11-13(5-6-15(14)18)19-16(22)12-7-9-21(10-8-12)27(24,25)20(2)3/h5-6,11-12H,4,7-10H2,1-3H3,(H,19,22). The number of hydrogen-bond acceptors (Lipinski definition) is 5. The maximum absolute atomic E-state index is 12.5. The lowest BCUT2D eigenvalue weighted by molar-refractivity contribution is -0.120. The molecule has 0 unspecified atom stereocenters. The third-order valence-corrected chi connectivity index (χ3v) is 6.61. The van der Waals surface area contributed by atoms with Crippen molar-refractivity contribution in [2.45, 2.75) is 19.8 Å². The van der Waals surface area contributed by atoms with Gasteiger partial charge in [-0.05, 0) is 38.0 Å². The van der Waals surface area contributed by atoms with Crippen molar-refractivity contribution in [3.8, 4) is 0 Å². The fraction of sp³-hybridized carbons (Fsp3) is 0.529. The molecule has 1 heterocycles. The Morgan fingerprint density at radius 3 is 2.48 bits per heavy atom. The lowest BCUT2D eigenvalue weighted by Crippen LogP contribution is -2.46. The van der Waals surface area contributed by atoms with E-state index in [0.29, 0.717) is 18.5 Å². The molecule has 8 nitrogen and oxygen atoms in total. The Morgan fingerprint density at radius 1 is 1.30 bits per heavy atom. The van der Waals surface area contributed by atoms with E-state index in [1.54, 1.807) is 13.0 Å². The minimum Gasteiger partial charge on any atom is -0.462 e. The molecule has 1 N–H and O–H groups in total. The molecule has 2 rings (SSSR count). The summed E-state index contributed by atoms with van der Waals surface area (Å²) in [6, 6.07) is 4.61. The van der Waals surface area contributed by atoms with Gasteiger partial charge in [-0.25, -0.2) is 4.79 Å². The van der Waals surface area contributed by atoms with Crippen molar-refractivity contribution in [1.29, 1.82) is 0 Å². The molecule has 0 radical (unpaired) electrons. The Hall–Kier alpha value is -1.68. The number of ether oxygens (including phenoxy) is 1. The molecule has 1 aliphatic heterocycles. The Morgan fingerprint density at radius 2 is 1.93 bits per heavy atom. The van der Waals surface area contributed by atoms with E-state index in [0.717, 1.165) is 4.31 Å². The van der Waals surface area contributed by atoms with Crippen LogP contribution in [0.15, 0.2) is 18.2 Å². The van der Waals surface area contributed by atoms with Gasteiger partial charge < -0.3 is 10.1 Å². The second-order valence-corrected chi connectivity index (χ2v) is 8.92. The zero-order chi connectivity index (χ0) is 20.2. The van der Waals surface area contributed by atoms with Crippen LogP contribution in [0, 0.1) is 5.92 Å². The molecule has 0 atom stereocenters. The number of carbonyl (C=O) groups is 2. The molecule has 1 aliphatic rings. The summed E-state index contributed by atoms with van der Waals surface area (Å²) in [4.78, 5) is 24.4. The first-order valence-electron chi connectivity index (χ1n) is 8.62. The minimum atomic E-state index is -3.46. The first kappa shape index (κ1) is 21.6. The number of rotatable bonds is 6. The van der Waals surface area contributed by atoms with E-state index in [1.165, 1.54) is 30.5 Å². The van der Waals surface area contributed by atoms with Crippen LogP contribution in [-0.4, -0.2) is 62.7 Å². The molecule has 0 bridgehead atoms. The van der Waals surface area contributed by atoms with Crippen molar-refractivity contribution in [3.63, 3.8) is 0 Å². The molecule has 27 heavy (non-hydrogen) atoms. The first-order chi connectivity index (χ1) is 12.7. The van der Waals surface area contributed by atoms with Gasteiger partial charge in [-0.3, -0.25) is 4.79 Å². The van der Waals surface area contributed by atoms with E-state index in [4.69, 9.17) is 16.3 Å². The van der Waals surface area contributed by atoms with E-state index in [9.17, 15) is 18.0 Å². The van der Waals surface area contributed by atoms with E-state index in [2.05, 4.69) is 5.32 Å². The second-order valence-electron chi connectivity index (χ2n) is 6.37. The predicted octanol–water partition coefficient (Wildman–Crippen LogP) is 1.97. The number of amides is 1. The summed E-state index contributed by atoms with van der Waals surface area (Å²) >= 11 is 6.02. The number of benzene rings is 1. The third-order valence-electron chi connectivity index (χ3n) is 4.34. The molecule has 150 valence electrons. The van der Waals surface area contributed by atoms with Crippen LogP contribution in [0.5, 0.6) is 0 Å². The number of esters is 1. The SMILES string of the molecule is CCOC(=O)c1cc(NC(=O)C2CCN(S(=O)(=O)N(C)C)CC2)ccc1Cl. The van der Waals surface area contributed by atoms with Gasteiger partial charge >= 0.3 is 5.97 Å². The summed E-state index contributed by atoms with van der Waals surface area (Å²) in [7, 11) is -0.501. The number of carbonyl (C=O) groups excluding carboxylic acids is 2. The fourth-order valence-electron chi connectivity index (χ4n) is 2.79. The lowest BCUT2D eigenvalue weighted by Gasteiger charge is -2.32. The van der Waals surface area contributed by atoms with Crippen LogP contribution in [0.2, 0.25) is 5.02 Å². The van der Waals surface area contributed by atoms with Crippen molar-refractivity contribution >= 4 is 39.4 Å². The monoisotopic (exact) mass is 417 g/mol. The van der Waals surface area contributed by atoms with Crippen molar-refractivity contribution in [2.24, 2.45) is 5.92 Å². The Kier molecular flexibility index (Phi) is 7.21. The van der Waals surface area contributed by atoms with Gasteiger partial charge in [0.25, 0.3) is 10.2 Å². The average molecular weight is 418 g/mol. The van der Waals surface area contributed by atoms with Crippen LogP contribution in [0.3, 0.4) is 0 Å². The summed E-state index contributed by atoms with van der Waals surface area (Å²) in [5.74, 6) is -1.07. The average Bonchev–Trinajstić information content (AvgIpc) is 2.63. The summed E-state index contributed by atoms with van der Waals surface area (Å²) in [6.07, 6.45) is 0.856. The Bertz CT molecular complexity index is 805. The van der Waals surface area contributed by atoms with Crippen molar-refractivity contribution < 1.29 is 22.7 Å². The second kappa shape index (κ2) is 9.01. The minimum absolute atomic E-state index is 0.184. The van der Waals surface area contributed by atoms with Crippen molar-refractivity contribution in [2.75, 3.05) is 39.1 Å². The first-order valence-corrected chi connectivity index (χ1v) is 10.4. The van der Waals surface area contributed by atoms with Crippen LogP contribution in [0.4, 0.5) is 5.69 Å². The smallest absolute Gasteiger partial charge is 0.339 e. The number of nitrogens with one attached hydrogen (secondary N) is 1.